The van der Waals surface area contributed by atoms with Gasteiger partial charge in [0, 0.05) is 17.3 Å². The number of halogens is 1. The molecule has 132 valence electrons. The highest BCUT2D eigenvalue weighted by molar-refractivity contribution is 6.31. The summed E-state index contributed by atoms with van der Waals surface area (Å²) in [6, 6.07) is 14.2. The number of benzene rings is 2. The molecule has 0 radical (unpaired) electrons. The minimum absolute atomic E-state index is 0.129. The average Bonchev–Trinajstić information content (AvgIpc) is 2.64. The van der Waals surface area contributed by atoms with Crippen molar-refractivity contribution < 1.29 is 14.3 Å². The summed E-state index contributed by atoms with van der Waals surface area (Å²) in [5, 5.41) is 6.44. The molecule has 0 aliphatic carbocycles. The first kappa shape index (κ1) is 18.8. The van der Waals surface area contributed by atoms with E-state index in [1.165, 1.54) is 0 Å². The van der Waals surface area contributed by atoms with Gasteiger partial charge in [-0.15, -0.1) is 0 Å². The smallest absolute Gasteiger partial charge is 0.338 e. The summed E-state index contributed by atoms with van der Waals surface area (Å²) in [4.78, 5) is 23.6. The normalized spacial score (nSPS) is 10.2. The van der Waals surface area contributed by atoms with Crippen LogP contribution < -0.4 is 10.6 Å². The first-order valence-corrected chi connectivity index (χ1v) is 8.49. The average molecular weight is 361 g/mol. The van der Waals surface area contributed by atoms with Crippen LogP contribution in [0, 0.1) is 0 Å². The number of rotatable bonds is 8. The largest absolute Gasteiger partial charge is 0.462 e. The van der Waals surface area contributed by atoms with E-state index in [1.807, 2.05) is 25.1 Å². The fourth-order valence-electron chi connectivity index (χ4n) is 2.08. The number of hydrogen-bond acceptors (Lipinski definition) is 4. The first-order chi connectivity index (χ1) is 12.1. The molecular formula is C19H21ClN2O3. The molecule has 0 bridgehead atoms. The van der Waals surface area contributed by atoms with E-state index in [0.717, 1.165) is 17.7 Å². The molecule has 0 spiro atoms. The van der Waals surface area contributed by atoms with Crippen molar-refractivity contribution in [1.29, 1.82) is 0 Å². The molecule has 2 aromatic rings. The zero-order chi connectivity index (χ0) is 18.1. The third kappa shape index (κ3) is 6.12. The van der Waals surface area contributed by atoms with Gasteiger partial charge in [0.15, 0.2) is 0 Å². The van der Waals surface area contributed by atoms with Crippen LogP contribution in [-0.2, 0) is 16.1 Å². The Morgan fingerprint density at radius 2 is 1.80 bits per heavy atom. The molecular weight excluding hydrogens is 340 g/mol. The lowest BCUT2D eigenvalue weighted by molar-refractivity contribution is -0.119. The molecule has 0 saturated carbocycles. The molecule has 0 unspecified atom stereocenters. The summed E-state index contributed by atoms with van der Waals surface area (Å²) in [7, 11) is 0. The second-order valence-electron chi connectivity index (χ2n) is 5.43. The molecule has 0 saturated heterocycles. The number of amides is 1. The lowest BCUT2D eigenvalue weighted by Gasteiger charge is -2.09. The Morgan fingerprint density at radius 1 is 1.08 bits per heavy atom. The number of esters is 1. The van der Waals surface area contributed by atoms with E-state index in [1.54, 1.807) is 30.3 Å². The van der Waals surface area contributed by atoms with Crippen LogP contribution in [0.4, 0.5) is 5.69 Å². The van der Waals surface area contributed by atoms with Crippen LogP contribution >= 0.6 is 11.6 Å². The van der Waals surface area contributed by atoms with Crippen LogP contribution in [0.3, 0.4) is 0 Å². The van der Waals surface area contributed by atoms with Gasteiger partial charge >= 0.3 is 5.97 Å². The molecule has 0 aliphatic rings. The van der Waals surface area contributed by atoms with Gasteiger partial charge in [-0.25, -0.2) is 4.79 Å². The van der Waals surface area contributed by atoms with E-state index in [-0.39, 0.29) is 18.4 Å². The van der Waals surface area contributed by atoms with E-state index in [9.17, 15) is 9.59 Å². The molecule has 1 amide bonds. The van der Waals surface area contributed by atoms with Crippen LogP contribution in [0.25, 0.3) is 0 Å². The van der Waals surface area contributed by atoms with Crippen molar-refractivity contribution in [2.75, 3.05) is 18.5 Å². The van der Waals surface area contributed by atoms with Gasteiger partial charge in [0.05, 0.1) is 18.7 Å². The van der Waals surface area contributed by atoms with E-state index < -0.39 is 0 Å². The quantitative estimate of drug-likeness (QED) is 0.705. The van der Waals surface area contributed by atoms with Crippen molar-refractivity contribution in [1.82, 2.24) is 5.32 Å². The molecule has 5 nitrogen and oxygen atoms in total. The van der Waals surface area contributed by atoms with Gasteiger partial charge in [0.25, 0.3) is 0 Å². The second kappa shape index (κ2) is 9.69. The highest BCUT2D eigenvalue weighted by atomic mass is 35.5. The highest BCUT2D eigenvalue weighted by Crippen LogP contribution is 2.14. The van der Waals surface area contributed by atoms with Crippen LogP contribution in [0.15, 0.2) is 48.5 Å². The van der Waals surface area contributed by atoms with Crippen LogP contribution in [0.2, 0.25) is 5.02 Å². The standard InChI is InChI=1S/C19H21ClN2O3/c1-2-11-25-19(24)14-7-9-16(10-8-14)21-13-18(23)22-12-15-5-3-4-6-17(15)20/h3-10,21H,2,11-13H2,1H3,(H,22,23). The summed E-state index contributed by atoms with van der Waals surface area (Å²) < 4.78 is 5.06. The molecule has 0 aliphatic heterocycles. The lowest BCUT2D eigenvalue weighted by Crippen LogP contribution is -2.29. The molecule has 25 heavy (non-hydrogen) atoms. The van der Waals surface area contributed by atoms with Crippen molar-refractivity contribution in [2.45, 2.75) is 19.9 Å². The zero-order valence-corrected chi connectivity index (χ0v) is 14.8. The van der Waals surface area contributed by atoms with Gasteiger partial charge < -0.3 is 15.4 Å². The summed E-state index contributed by atoms with van der Waals surface area (Å²) in [5.41, 5.74) is 2.11. The van der Waals surface area contributed by atoms with E-state index >= 15 is 0 Å². The first-order valence-electron chi connectivity index (χ1n) is 8.11. The fraction of sp³-hybridized carbons (Fsp3) is 0.263. The molecule has 6 heteroatoms. The number of anilines is 1. The number of ether oxygens (including phenoxy) is 1. The number of carbonyl (C=O) groups is 2. The van der Waals surface area contributed by atoms with Gasteiger partial charge in [0.2, 0.25) is 5.91 Å². The van der Waals surface area contributed by atoms with E-state index in [4.69, 9.17) is 16.3 Å². The van der Waals surface area contributed by atoms with Gasteiger partial charge in [0.1, 0.15) is 0 Å². The molecule has 2 N–H and O–H groups in total. The summed E-state index contributed by atoms with van der Waals surface area (Å²) in [6.45, 7) is 2.86. The minimum Gasteiger partial charge on any atom is -0.462 e. The van der Waals surface area contributed by atoms with Gasteiger partial charge in [-0.3, -0.25) is 4.79 Å². The van der Waals surface area contributed by atoms with Crippen molar-refractivity contribution >= 4 is 29.2 Å². The fourth-order valence-corrected chi connectivity index (χ4v) is 2.29. The third-order valence-corrected chi connectivity index (χ3v) is 3.81. The summed E-state index contributed by atoms with van der Waals surface area (Å²) >= 11 is 6.05. The Morgan fingerprint density at radius 3 is 2.48 bits per heavy atom. The van der Waals surface area contributed by atoms with Gasteiger partial charge in [-0.2, -0.15) is 0 Å². The van der Waals surface area contributed by atoms with Crippen LogP contribution in [0.5, 0.6) is 0 Å². The molecule has 2 rings (SSSR count). The molecule has 0 fully saturated rings. The number of nitrogens with one attached hydrogen (secondary N) is 2. The SMILES string of the molecule is CCCOC(=O)c1ccc(NCC(=O)NCc2ccccc2Cl)cc1. The van der Waals surface area contributed by atoms with Crippen LogP contribution in [-0.4, -0.2) is 25.0 Å². The van der Waals surface area contributed by atoms with Gasteiger partial charge in [-0.1, -0.05) is 36.7 Å². The molecule has 2 aromatic carbocycles. The topological polar surface area (TPSA) is 67.4 Å². The Labute approximate surface area is 152 Å². The van der Waals surface area contributed by atoms with Crippen molar-refractivity contribution in [2.24, 2.45) is 0 Å². The Balaban J connectivity index is 1.78. The predicted octanol–water partition coefficient (Wildman–Crippen LogP) is 3.64. The highest BCUT2D eigenvalue weighted by Gasteiger charge is 2.07. The third-order valence-electron chi connectivity index (χ3n) is 3.44. The maximum atomic E-state index is 11.9. The second-order valence-corrected chi connectivity index (χ2v) is 5.84. The van der Waals surface area contributed by atoms with E-state index in [2.05, 4.69) is 10.6 Å². The number of carbonyl (C=O) groups excluding carboxylic acids is 2. The van der Waals surface area contributed by atoms with Crippen molar-refractivity contribution in [3.05, 3.63) is 64.7 Å². The maximum absolute atomic E-state index is 11.9. The zero-order valence-electron chi connectivity index (χ0n) is 14.0. The van der Waals surface area contributed by atoms with Crippen molar-refractivity contribution in [3.8, 4) is 0 Å². The number of hydrogen-bond donors (Lipinski definition) is 2. The van der Waals surface area contributed by atoms with Crippen LogP contribution in [0.1, 0.15) is 29.3 Å². The van der Waals surface area contributed by atoms with E-state index in [0.29, 0.717) is 23.7 Å². The Bertz CT molecular complexity index is 717. The lowest BCUT2D eigenvalue weighted by atomic mass is 10.2. The maximum Gasteiger partial charge on any atom is 0.338 e. The predicted molar refractivity (Wildman–Crippen MR) is 98.8 cm³/mol. The summed E-state index contributed by atoms with van der Waals surface area (Å²) in [6.07, 6.45) is 0.786. The van der Waals surface area contributed by atoms with Crippen molar-refractivity contribution in [3.63, 3.8) is 0 Å². The monoisotopic (exact) mass is 360 g/mol. The Kier molecular flexibility index (Phi) is 7.29. The molecule has 0 aromatic heterocycles. The Hall–Kier alpha value is -2.53. The van der Waals surface area contributed by atoms with Gasteiger partial charge in [-0.05, 0) is 42.3 Å². The summed E-state index contributed by atoms with van der Waals surface area (Å²) in [5.74, 6) is -0.489. The minimum atomic E-state index is -0.342. The molecule has 0 atom stereocenters. The molecule has 0 heterocycles.